The van der Waals surface area contributed by atoms with Crippen LogP contribution in [-0.4, -0.2) is 9.97 Å². The molecule has 55 heavy (non-hydrogen) atoms. The van der Waals surface area contributed by atoms with Crippen LogP contribution in [0.5, 0.6) is 0 Å². The van der Waals surface area contributed by atoms with Gasteiger partial charge in [-0.15, -0.1) is 0 Å². The average Bonchev–Trinajstić information content (AvgIpc) is 3.74. The number of aromatic nitrogens is 2. The summed E-state index contributed by atoms with van der Waals surface area (Å²) in [5.74, 6) is 0.696. The van der Waals surface area contributed by atoms with Crippen molar-refractivity contribution in [2.75, 3.05) is 0 Å². The Hall–Kier alpha value is -7.16. The van der Waals surface area contributed by atoms with E-state index in [1.807, 2.05) is 12.1 Å². The maximum atomic E-state index is 5.29. The van der Waals surface area contributed by atoms with Gasteiger partial charge in [0, 0.05) is 16.7 Å². The van der Waals surface area contributed by atoms with Crippen LogP contribution in [0.4, 0.5) is 0 Å². The molecule has 11 rings (SSSR count). The van der Waals surface area contributed by atoms with Crippen LogP contribution in [0.15, 0.2) is 206 Å². The van der Waals surface area contributed by atoms with Crippen molar-refractivity contribution in [1.82, 2.24) is 9.97 Å². The zero-order valence-electron chi connectivity index (χ0n) is 30.0. The van der Waals surface area contributed by atoms with Gasteiger partial charge in [0.1, 0.15) is 0 Å². The molecule has 256 valence electrons. The lowest BCUT2D eigenvalue weighted by Gasteiger charge is -2.32. The van der Waals surface area contributed by atoms with Gasteiger partial charge in [-0.2, -0.15) is 0 Å². The summed E-state index contributed by atoms with van der Waals surface area (Å²) in [4.78, 5) is 10.6. The van der Waals surface area contributed by atoms with Crippen molar-refractivity contribution < 1.29 is 0 Å². The summed E-state index contributed by atoms with van der Waals surface area (Å²) in [5, 5.41) is 0. The van der Waals surface area contributed by atoms with Gasteiger partial charge in [-0.1, -0.05) is 182 Å². The highest BCUT2D eigenvalue weighted by Crippen LogP contribution is 2.64. The van der Waals surface area contributed by atoms with Crippen LogP contribution in [0.25, 0.3) is 78.4 Å². The third-order valence-electron chi connectivity index (χ3n) is 11.5. The lowest BCUT2D eigenvalue weighted by atomic mass is 9.68. The Bertz CT molecular complexity index is 2790. The van der Waals surface area contributed by atoms with Gasteiger partial charge in [-0.3, -0.25) is 0 Å². The van der Waals surface area contributed by atoms with Gasteiger partial charge in [-0.05, 0) is 91.0 Å². The zero-order valence-corrected chi connectivity index (χ0v) is 30.0. The Morgan fingerprint density at radius 2 is 0.673 bits per heavy atom. The second kappa shape index (κ2) is 12.5. The standard InChI is InChI=1S/C53H34N2/c1-4-17-35(18-5-1)38-31-39(33-40(32-38)52-54-49(36-19-6-2-7-20-36)34-50(55-52)37-21-8-3-9-22-37)41-26-16-27-45-44-25-12-15-30-48(44)53(51(41)45)46-28-13-10-23-42(46)43-24-11-14-29-47(43)53/h1-34H. The van der Waals surface area contributed by atoms with Gasteiger partial charge in [-0.25, -0.2) is 9.97 Å². The Morgan fingerprint density at radius 3 is 1.22 bits per heavy atom. The highest BCUT2D eigenvalue weighted by Gasteiger charge is 2.52. The van der Waals surface area contributed by atoms with Crippen molar-refractivity contribution in [3.8, 4) is 78.4 Å². The summed E-state index contributed by atoms with van der Waals surface area (Å²) in [5.41, 5.74) is 19.5. The summed E-state index contributed by atoms with van der Waals surface area (Å²) in [6, 6.07) is 74.4. The first-order chi connectivity index (χ1) is 27.3. The molecule has 2 aliphatic carbocycles. The van der Waals surface area contributed by atoms with Gasteiger partial charge in [0.25, 0.3) is 0 Å². The molecule has 0 radical (unpaired) electrons. The molecule has 1 aromatic heterocycles. The van der Waals surface area contributed by atoms with Gasteiger partial charge in [0.05, 0.1) is 16.8 Å². The normalized spacial score (nSPS) is 12.9. The monoisotopic (exact) mass is 698 g/mol. The first kappa shape index (κ1) is 31.4. The first-order valence-electron chi connectivity index (χ1n) is 18.9. The summed E-state index contributed by atoms with van der Waals surface area (Å²) < 4.78 is 0. The lowest BCUT2D eigenvalue weighted by molar-refractivity contribution is 0.796. The maximum absolute atomic E-state index is 5.29. The van der Waals surface area contributed by atoms with Crippen molar-refractivity contribution >= 4 is 0 Å². The molecule has 8 aromatic carbocycles. The van der Waals surface area contributed by atoms with E-state index in [1.165, 1.54) is 50.1 Å². The quantitative estimate of drug-likeness (QED) is 0.179. The minimum absolute atomic E-state index is 0.469. The molecule has 0 atom stereocenters. The molecule has 2 aliphatic rings. The van der Waals surface area contributed by atoms with Crippen molar-refractivity contribution in [2.24, 2.45) is 0 Å². The van der Waals surface area contributed by atoms with Gasteiger partial charge >= 0.3 is 0 Å². The number of benzene rings is 8. The predicted octanol–water partition coefficient (Wildman–Crippen LogP) is 13.2. The molecule has 1 spiro atoms. The van der Waals surface area contributed by atoms with Gasteiger partial charge < -0.3 is 0 Å². The van der Waals surface area contributed by atoms with Crippen LogP contribution in [0.2, 0.25) is 0 Å². The molecule has 9 aromatic rings. The van der Waals surface area contributed by atoms with Crippen molar-refractivity contribution in [3.05, 3.63) is 229 Å². The van der Waals surface area contributed by atoms with Crippen LogP contribution < -0.4 is 0 Å². The molecule has 2 nitrogen and oxygen atoms in total. The molecule has 0 N–H and O–H groups in total. The van der Waals surface area contributed by atoms with Crippen LogP contribution in [0.3, 0.4) is 0 Å². The van der Waals surface area contributed by atoms with Crippen molar-refractivity contribution in [3.63, 3.8) is 0 Å². The number of nitrogens with zero attached hydrogens (tertiary/aromatic N) is 2. The molecule has 2 heteroatoms. The highest BCUT2D eigenvalue weighted by atomic mass is 14.9. The van der Waals surface area contributed by atoms with Gasteiger partial charge in [0.2, 0.25) is 0 Å². The van der Waals surface area contributed by atoms with E-state index in [0.29, 0.717) is 5.82 Å². The summed E-state index contributed by atoms with van der Waals surface area (Å²) >= 11 is 0. The van der Waals surface area contributed by atoms with Crippen LogP contribution in [-0.2, 0) is 5.41 Å². The van der Waals surface area contributed by atoms with E-state index in [2.05, 4.69) is 194 Å². The van der Waals surface area contributed by atoms with Crippen molar-refractivity contribution in [1.29, 1.82) is 0 Å². The topological polar surface area (TPSA) is 25.8 Å². The van der Waals surface area contributed by atoms with Crippen molar-refractivity contribution in [2.45, 2.75) is 5.41 Å². The highest BCUT2D eigenvalue weighted by molar-refractivity contribution is 5.99. The minimum Gasteiger partial charge on any atom is -0.228 e. The van der Waals surface area contributed by atoms with E-state index in [4.69, 9.17) is 9.97 Å². The van der Waals surface area contributed by atoms with Crippen LogP contribution >= 0.6 is 0 Å². The predicted molar refractivity (Wildman–Crippen MR) is 226 cm³/mol. The molecule has 0 fully saturated rings. The molecule has 0 bridgehead atoms. The Labute approximate surface area is 321 Å². The SMILES string of the molecule is c1ccc(-c2cc(-c3nc(-c4ccccc4)cc(-c4ccccc4)n3)cc(-c3cccc4c3C3(c5ccccc5-c5ccccc53)c3ccccc3-4)c2)cc1. The Morgan fingerprint density at radius 1 is 0.273 bits per heavy atom. The molecule has 0 amide bonds. The Balaban J connectivity index is 1.21. The minimum atomic E-state index is -0.469. The van der Waals surface area contributed by atoms with Crippen LogP contribution in [0.1, 0.15) is 22.3 Å². The summed E-state index contributed by atoms with van der Waals surface area (Å²) in [6.45, 7) is 0. The van der Waals surface area contributed by atoms with Crippen LogP contribution in [0, 0.1) is 0 Å². The smallest absolute Gasteiger partial charge is 0.160 e. The molecule has 0 aliphatic heterocycles. The van der Waals surface area contributed by atoms with E-state index in [1.54, 1.807) is 0 Å². The van der Waals surface area contributed by atoms with E-state index in [9.17, 15) is 0 Å². The van der Waals surface area contributed by atoms with E-state index in [-0.39, 0.29) is 0 Å². The zero-order chi connectivity index (χ0) is 36.3. The summed E-state index contributed by atoms with van der Waals surface area (Å²) in [7, 11) is 0. The number of rotatable bonds is 5. The number of hydrogen-bond acceptors (Lipinski definition) is 2. The number of hydrogen-bond donors (Lipinski definition) is 0. The molecule has 0 saturated carbocycles. The molecule has 0 unspecified atom stereocenters. The third kappa shape index (κ3) is 4.82. The largest absolute Gasteiger partial charge is 0.228 e. The fraction of sp³-hybridized carbons (Fsp3) is 0.0189. The first-order valence-corrected chi connectivity index (χ1v) is 18.9. The second-order valence-corrected chi connectivity index (χ2v) is 14.5. The summed E-state index contributed by atoms with van der Waals surface area (Å²) in [6.07, 6.45) is 0. The molecular formula is C53H34N2. The van der Waals surface area contributed by atoms with E-state index >= 15 is 0 Å². The second-order valence-electron chi connectivity index (χ2n) is 14.5. The average molecular weight is 699 g/mol. The van der Waals surface area contributed by atoms with Gasteiger partial charge in [0.15, 0.2) is 5.82 Å². The Kier molecular flexibility index (Phi) is 7.11. The molecule has 0 saturated heterocycles. The molecule has 1 heterocycles. The lowest BCUT2D eigenvalue weighted by Crippen LogP contribution is -2.26. The third-order valence-corrected chi connectivity index (χ3v) is 11.5. The van der Waals surface area contributed by atoms with E-state index in [0.717, 1.165) is 44.8 Å². The fourth-order valence-corrected chi connectivity index (χ4v) is 9.19. The number of fused-ring (bicyclic) bond motifs is 10. The van der Waals surface area contributed by atoms with E-state index < -0.39 is 5.41 Å². The fourth-order valence-electron chi connectivity index (χ4n) is 9.19. The molecular weight excluding hydrogens is 665 g/mol. The maximum Gasteiger partial charge on any atom is 0.160 e.